The van der Waals surface area contributed by atoms with Gasteiger partial charge in [-0.2, -0.15) is 5.10 Å². The maximum atomic E-state index is 5.14. The highest BCUT2D eigenvalue weighted by molar-refractivity contribution is 5.72. The fraction of sp³-hybridized carbons (Fsp3) is 0. The molecule has 0 saturated carbocycles. The van der Waals surface area contributed by atoms with Gasteiger partial charge in [-0.1, -0.05) is 5.92 Å². The Kier molecular flexibility index (Phi) is 3.08. The summed E-state index contributed by atoms with van der Waals surface area (Å²) in [6, 6.07) is 0. The van der Waals surface area contributed by atoms with Crippen LogP contribution in [0, 0.1) is 12.3 Å². The number of nitrogens with zero attached hydrogens (tertiary/aromatic N) is 1. The van der Waals surface area contributed by atoms with Gasteiger partial charge >= 0.3 is 0 Å². The van der Waals surface area contributed by atoms with Crippen molar-refractivity contribution >= 4 is 6.21 Å². The summed E-state index contributed by atoms with van der Waals surface area (Å²) in [5, 5.41) is 3.15. The van der Waals surface area contributed by atoms with Crippen molar-refractivity contribution in [3.8, 4) is 12.3 Å². The van der Waals surface area contributed by atoms with Crippen LogP contribution in [-0.2, 0) is 0 Å². The van der Waals surface area contributed by atoms with E-state index in [1.165, 1.54) is 12.3 Å². The third-order valence-corrected chi connectivity index (χ3v) is 0.507. The second kappa shape index (κ2) is 3.75. The molecule has 0 aromatic carbocycles. The maximum absolute atomic E-state index is 5.14. The summed E-state index contributed by atoms with van der Waals surface area (Å²) in [7, 11) is 0. The summed E-state index contributed by atoms with van der Waals surface area (Å²) in [4.78, 5) is 0. The van der Waals surface area contributed by atoms with Gasteiger partial charge < -0.3 is 11.6 Å². The predicted molar refractivity (Wildman–Crippen MR) is 33.8 cm³/mol. The predicted octanol–water partition coefficient (Wildman–Crippen LogP) is -0.593. The van der Waals surface area contributed by atoms with Gasteiger partial charge in [-0.25, -0.2) is 0 Å². The van der Waals surface area contributed by atoms with Gasteiger partial charge in [0.25, 0.3) is 0 Å². The molecule has 0 aromatic heterocycles. The lowest BCUT2D eigenvalue weighted by Crippen LogP contribution is -1.93. The molecular weight excluding hydrogens is 102 g/mol. The van der Waals surface area contributed by atoms with Crippen molar-refractivity contribution in [3.63, 3.8) is 0 Å². The van der Waals surface area contributed by atoms with Crippen molar-refractivity contribution in [3.05, 3.63) is 11.8 Å². The van der Waals surface area contributed by atoms with Gasteiger partial charge in [-0.3, -0.25) is 0 Å². The number of allylic oxidation sites excluding steroid dienone is 2. The first-order valence-electron chi connectivity index (χ1n) is 1.97. The van der Waals surface area contributed by atoms with Crippen LogP contribution < -0.4 is 11.6 Å². The molecule has 0 aliphatic heterocycles. The number of hydrazone groups is 1. The monoisotopic (exact) mass is 109 g/mol. The molecule has 0 bridgehead atoms. The van der Waals surface area contributed by atoms with Gasteiger partial charge in [-0.15, -0.1) is 6.42 Å². The molecule has 4 N–H and O–H groups in total. The van der Waals surface area contributed by atoms with Crippen LogP contribution >= 0.6 is 0 Å². The highest BCUT2D eigenvalue weighted by Gasteiger charge is 1.72. The van der Waals surface area contributed by atoms with Crippen LogP contribution in [0.5, 0.6) is 0 Å². The van der Waals surface area contributed by atoms with E-state index in [1.807, 2.05) is 0 Å². The number of hydrogen-bond acceptors (Lipinski definition) is 3. The highest BCUT2D eigenvalue weighted by Crippen LogP contribution is 1.72. The second-order valence-electron chi connectivity index (χ2n) is 1.06. The van der Waals surface area contributed by atoms with E-state index in [4.69, 9.17) is 18.0 Å². The van der Waals surface area contributed by atoms with Crippen LogP contribution in [0.2, 0.25) is 0 Å². The summed E-state index contributed by atoms with van der Waals surface area (Å²) < 4.78 is 0. The minimum Gasteiger partial charge on any atom is -0.392 e. The third kappa shape index (κ3) is 2.79. The van der Waals surface area contributed by atoms with Crippen LogP contribution in [0.3, 0.4) is 0 Å². The van der Waals surface area contributed by atoms with Crippen molar-refractivity contribution in [1.29, 1.82) is 0 Å². The molecule has 0 aromatic rings. The SMILES string of the molecule is C#CC(N)=CC=NN. The van der Waals surface area contributed by atoms with E-state index in [0.29, 0.717) is 5.70 Å². The molecule has 0 radical (unpaired) electrons. The summed E-state index contributed by atoms with van der Waals surface area (Å²) >= 11 is 0. The maximum Gasteiger partial charge on any atom is 0.0840 e. The Hall–Kier alpha value is -1.43. The number of nitrogens with two attached hydrogens (primary N) is 2. The van der Waals surface area contributed by atoms with Crippen molar-refractivity contribution in [2.75, 3.05) is 0 Å². The summed E-state index contributed by atoms with van der Waals surface area (Å²) in [6.45, 7) is 0. The zero-order valence-corrected chi connectivity index (χ0v) is 4.33. The Morgan fingerprint density at radius 1 is 1.75 bits per heavy atom. The standard InChI is InChI=1S/C5H7N3/c1-2-5(6)3-4-8-7/h1,3-4H,6-7H2. The van der Waals surface area contributed by atoms with Gasteiger partial charge in [0.2, 0.25) is 0 Å². The van der Waals surface area contributed by atoms with Gasteiger partial charge in [-0.05, 0) is 6.08 Å². The first-order chi connectivity index (χ1) is 3.81. The molecular formula is C5H7N3. The Morgan fingerprint density at radius 2 is 2.38 bits per heavy atom. The Labute approximate surface area is 48.1 Å². The number of hydrogen-bond donors (Lipinski definition) is 2. The summed E-state index contributed by atoms with van der Waals surface area (Å²) in [6.07, 6.45) is 7.64. The molecule has 0 unspecified atom stereocenters. The Morgan fingerprint density at radius 3 is 2.75 bits per heavy atom. The van der Waals surface area contributed by atoms with Gasteiger partial charge in [0, 0.05) is 6.21 Å². The molecule has 42 valence electrons. The molecule has 0 rings (SSSR count). The highest BCUT2D eigenvalue weighted by atomic mass is 15.1. The summed E-state index contributed by atoms with van der Waals surface area (Å²) in [5.74, 6) is 6.92. The summed E-state index contributed by atoms with van der Waals surface area (Å²) in [5.41, 5.74) is 5.46. The molecule has 0 aliphatic rings. The molecule has 0 spiro atoms. The zero-order chi connectivity index (χ0) is 6.41. The average molecular weight is 109 g/mol. The van der Waals surface area contributed by atoms with E-state index in [0.717, 1.165) is 0 Å². The average Bonchev–Trinajstić information content (AvgIpc) is 1.83. The lowest BCUT2D eigenvalue weighted by Gasteiger charge is -1.79. The van der Waals surface area contributed by atoms with Crippen LogP contribution in [0.4, 0.5) is 0 Å². The van der Waals surface area contributed by atoms with Gasteiger partial charge in [0.15, 0.2) is 0 Å². The van der Waals surface area contributed by atoms with Crippen molar-refractivity contribution in [2.24, 2.45) is 16.7 Å². The fourth-order valence-electron chi connectivity index (χ4n) is 0.171. The normalized spacial score (nSPS) is 11.6. The first-order valence-corrected chi connectivity index (χ1v) is 1.97. The van der Waals surface area contributed by atoms with E-state index < -0.39 is 0 Å². The Bertz CT molecular complexity index is 150. The molecule has 0 saturated heterocycles. The smallest absolute Gasteiger partial charge is 0.0840 e. The molecule has 8 heavy (non-hydrogen) atoms. The van der Waals surface area contributed by atoms with E-state index in [9.17, 15) is 0 Å². The van der Waals surface area contributed by atoms with Gasteiger partial charge in [0.1, 0.15) is 0 Å². The quantitative estimate of drug-likeness (QED) is 0.204. The van der Waals surface area contributed by atoms with Crippen molar-refractivity contribution < 1.29 is 0 Å². The van der Waals surface area contributed by atoms with Crippen molar-refractivity contribution in [1.82, 2.24) is 0 Å². The Balaban J connectivity index is 3.81. The second-order valence-corrected chi connectivity index (χ2v) is 1.06. The van der Waals surface area contributed by atoms with E-state index in [-0.39, 0.29) is 0 Å². The molecule has 0 atom stereocenters. The lowest BCUT2D eigenvalue weighted by atomic mass is 10.4. The van der Waals surface area contributed by atoms with Crippen LogP contribution in [0.1, 0.15) is 0 Å². The minimum absolute atomic E-state index is 0.319. The largest absolute Gasteiger partial charge is 0.392 e. The molecule has 0 aliphatic carbocycles. The minimum atomic E-state index is 0.319. The number of rotatable bonds is 1. The van der Waals surface area contributed by atoms with Crippen LogP contribution in [0.25, 0.3) is 0 Å². The van der Waals surface area contributed by atoms with Crippen LogP contribution in [0.15, 0.2) is 16.9 Å². The van der Waals surface area contributed by atoms with Crippen LogP contribution in [-0.4, -0.2) is 6.21 Å². The zero-order valence-electron chi connectivity index (χ0n) is 4.33. The molecule has 0 heterocycles. The van der Waals surface area contributed by atoms with E-state index in [2.05, 4.69) is 11.0 Å². The van der Waals surface area contributed by atoms with Crippen molar-refractivity contribution in [2.45, 2.75) is 0 Å². The van der Waals surface area contributed by atoms with E-state index in [1.54, 1.807) is 0 Å². The molecule has 3 heteroatoms. The molecule has 0 amide bonds. The topological polar surface area (TPSA) is 64.4 Å². The molecule has 0 fully saturated rings. The fourth-order valence-corrected chi connectivity index (χ4v) is 0.171. The van der Waals surface area contributed by atoms with E-state index >= 15 is 0 Å². The first kappa shape index (κ1) is 6.57. The van der Waals surface area contributed by atoms with Gasteiger partial charge in [0.05, 0.1) is 5.70 Å². The number of terminal acetylenes is 1. The third-order valence-electron chi connectivity index (χ3n) is 0.507. The molecule has 3 nitrogen and oxygen atoms in total. The lowest BCUT2D eigenvalue weighted by molar-refractivity contribution is 1.27.